The summed E-state index contributed by atoms with van der Waals surface area (Å²) in [7, 11) is 0. The van der Waals surface area contributed by atoms with E-state index in [0.717, 1.165) is 5.56 Å². The number of amides is 1. The van der Waals surface area contributed by atoms with Crippen molar-refractivity contribution in [3.05, 3.63) is 59.4 Å². The maximum absolute atomic E-state index is 12.1. The number of aryl methyl sites for hydroxylation is 1. The molecule has 25 heavy (non-hydrogen) atoms. The normalized spacial score (nSPS) is 11.0. The van der Waals surface area contributed by atoms with Gasteiger partial charge >= 0.3 is 0 Å². The average molecular weight is 340 g/mol. The zero-order valence-corrected chi connectivity index (χ0v) is 15.1. The third-order valence-electron chi connectivity index (χ3n) is 3.81. The monoisotopic (exact) mass is 340 g/mol. The minimum absolute atomic E-state index is 0.0693. The van der Waals surface area contributed by atoms with Gasteiger partial charge in [0.2, 0.25) is 5.78 Å². The molecule has 5 nitrogen and oxygen atoms in total. The van der Waals surface area contributed by atoms with Gasteiger partial charge in [0, 0.05) is 6.20 Å². The fourth-order valence-electron chi connectivity index (χ4n) is 2.29. The Morgan fingerprint density at radius 1 is 1.12 bits per heavy atom. The molecule has 0 aliphatic carbocycles. The number of nitrogens with zero attached hydrogens (tertiary/aromatic N) is 1. The van der Waals surface area contributed by atoms with Gasteiger partial charge < -0.3 is 10.1 Å². The van der Waals surface area contributed by atoms with E-state index >= 15 is 0 Å². The Bertz CT molecular complexity index is 746. The minimum Gasteiger partial charge on any atom is -0.484 e. The second-order valence-corrected chi connectivity index (χ2v) is 6.93. The largest absolute Gasteiger partial charge is 0.484 e. The van der Waals surface area contributed by atoms with Crippen molar-refractivity contribution in [2.24, 2.45) is 0 Å². The second kappa shape index (κ2) is 7.92. The van der Waals surface area contributed by atoms with Crippen molar-refractivity contribution in [1.29, 1.82) is 0 Å². The zero-order chi connectivity index (χ0) is 18.4. The number of benzene rings is 1. The highest BCUT2D eigenvalue weighted by atomic mass is 16.5. The number of rotatable bonds is 6. The second-order valence-electron chi connectivity index (χ2n) is 6.93. The van der Waals surface area contributed by atoms with Crippen molar-refractivity contribution >= 4 is 11.7 Å². The first-order valence-corrected chi connectivity index (χ1v) is 8.22. The molecule has 0 unspecified atom stereocenters. The Hall–Kier alpha value is -2.69. The third kappa shape index (κ3) is 5.41. The van der Waals surface area contributed by atoms with E-state index in [2.05, 4.69) is 31.1 Å². The molecule has 2 rings (SSSR count). The highest BCUT2D eigenvalue weighted by molar-refractivity contribution is 5.98. The number of ether oxygens (including phenoxy) is 1. The predicted octanol–water partition coefficient (Wildman–Crippen LogP) is 3.07. The molecule has 0 spiro atoms. The molecule has 1 aromatic heterocycles. The van der Waals surface area contributed by atoms with Gasteiger partial charge in [-0.1, -0.05) is 39.0 Å². The van der Waals surface area contributed by atoms with Gasteiger partial charge in [-0.05, 0) is 41.7 Å². The molecule has 0 aliphatic heterocycles. The van der Waals surface area contributed by atoms with E-state index in [-0.39, 0.29) is 30.3 Å². The number of aromatic nitrogens is 1. The highest BCUT2D eigenvalue weighted by Gasteiger charge is 2.14. The fraction of sp³-hybridized carbons (Fsp3) is 0.350. The summed E-state index contributed by atoms with van der Waals surface area (Å²) < 4.78 is 5.46. The Morgan fingerprint density at radius 2 is 1.80 bits per heavy atom. The predicted molar refractivity (Wildman–Crippen MR) is 97.0 cm³/mol. The van der Waals surface area contributed by atoms with E-state index in [9.17, 15) is 9.59 Å². The van der Waals surface area contributed by atoms with Crippen LogP contribution in [0.5, 0.6) is 5.75 Å². The Kier molecular flexibility index (Phi) is 5.91. The zero-order valence-electron chi connectivity index (χ0n) is 15.1. The first kappa shape index (κ1) is 18.6. The van der Waals surface area contributed by atoms with E-state index in [4.69, 9.17) is 4.74 Å². The number of hydrogen-bond acceptors (Lipinski definition) is 4. The van der Waals surface area contributed by atoms with Crippen LogP contribution in [0.4, 0.5) is 0 Å². The van der Waals surface area contributed by atoms with Gasteiger partial charge in [-0.2, -0.15) is 0 Å². The molecule has 0 fully saturated rings. The van der Waals surface area contributed by atoms with E-state index < -0.39 is 0 Å². The molecule has 2 aromatic rings. The topological polar surface area (TPSA) is 68.3 Å². The summed E-state index contributed by atoms with van der Waals surface area (Å²) in [6, 6.07) is 11.2. The van der Waals surface area contributed by atoms with E-state index in [1.807, 2.05) is 37.3 Å². The quantitative estimate of drug-likeness (QED) is 0.821. The van der Waals surface area contributed by atoms with Crippen LogP contribution in [0.3, 0.4) is 0 Å². The maximum atomic E-state index is 12.1. The van der Waals surface area contributed by atoms with E-state index in [0.29, 0.717) is 11.4 Å². The molecule has 0 aliphatic rings. The van der Waals surface area contributed by atoms with Crippen LogP contribution in [0.2, 0.25) is 0 Å². The number of carbonyl (C=O) groups is 2. The molecule has 5 heteroatoms. The van der Waals surface area contributed by atoms with Gasteiger partial charge in [-0.3, -0.25) is 14.6 Å². The lowest BCUT2D eigenvalue weighted by molar-refractivity contribution is -0.122. The smallest absolute Gasteiger partial charge is 0.258 e. The van der Waals surface area contributed by atoms with Crippen molar-refractivity contribution in [2.45, 2.75) is 33.1 Å². The summed E-state index contributed by atoms with van der Waals surface area (Å²) in [5, 5.41) is 2.56. The molecular formula is C20H24N2O3. The van der Waals surface area contributed by atoms with Gasteiger partial charge in [-0.25, -0.2) is 0 Å². The van der Waals surface area contributed by atoms with Crippen LogP contribution in [0.1, 0.15) is 42.4 Å². The van der Waals surface area contributed by atoms with Gasteiger partial charge in [0.15, 0.2) is 6.61 Å². The van der Waals surface area contributed by atoms with Crippen molar-refractivity contribution in [3.8, 4) is 5.75 Å². The fourth-order valence-corrected chi connectivity index (χ4v) is 2.29. The molecule has 0 bridgehead atoms. The lowest BCUT2D eigenvalue weighted by atomic mass is 9.87. The summed E-state index contributed by atoms with van der Waals surface area (Å²) in [5.74, 6) is 0.0536. The standard InChI is InChI=1S/C20H24N2O3/c1-14-6-5-11-21-19(14)17(23)12-22-18(24)13-25-16-9-7-15(8-10-16)20(2,3)4/h5-11H,12-13H2,1-4H3,(H,22,24). The lowest BCUT2D eigenvalue weighted by Gasteiger charge is -2.19. The number of ketones is 1. The van der Waals surface area contributed by atoms with Gasteiger partial charge in [0.25, 0.3) is 5.91 Å². The summed E-state index contributed by atoms with van der Waals surface area (Å²) in [6.45, 7) is 7.99. The lowest BCUT2D eigenvalue weighted by Crippen LogP contribution is -2.33. The first-order chi connectivity index (χ1) is 11.8. The summed E-state index contributed by atoms with van der Waals surface area (Å²) in [6.07, 6.45) is 1.56. The van der Waals surface area contributed by atoms with Gasteiger partial charge in [0.05, 0.1) is 6.54 Å². The molecule has 132 valence electrons. The SMILES string of the molecule is Cc1cccnc1C(=O)CNC(=O)COc1ccc(C(C)(C)C)cc1. The Morgan fingerprint density at radius 3 is 2.40 bits per heavy atom. The van der Waals surface area contributed by atoms with Gasteiger partial charge in [-0.15, -0.1) is 0 Å². The van der Waals surface area contributed by atoms with E-state index in [1.54, 1.807) is 12.3 Å². The molecule has 0 saturated heterocycles. The third-order valence-corrected chi connectivity index (χ3v) is 3.81. The minimum atomic E-state index is -0.346. The van der Waals surface area contributed by atoms with Crippen LogP contribution in [-0.4, -0.2) is 29.8 Å². The molecule has 1 amide bonds. The van der Waals surface area contributed by atoms with Crippen molar-refractivity contribution in [2.75, 3.05) is 13.2 Å². The van der Waals surface area contributed by atoms with Crippen molar-refractivity contribution in [1.82, 2.24) is 10.3 Å². The maximum Gasteiger partial charge on any atom is 0.258 e. The molecule has 1 N–H and O–H groups in total. The van der Waals surface area contributed by atoms with Crippen LogP contribution >= 0.6 is 0 Å². The van der Waals surface area contributed by atoms with Gasteiger partial charge in [0.1, 0.15) is 11.4 Å². The summed E-state index contributed by atoms with van der Waals surface area (Å²) in [4.78, 5) is 28.0. The molecular weight excluding hydrogens is 316 g/mol. The molecule has 0 atom stereocenters. The summed E-state index contributed by atoms with van der Waals surface area (Å²) >= 11 is 0. The van der Waals surface area contributed by atoms with Crippen LogP contribution in [0, 0.1) is 6.92 Å². The Labute approximate surface area is 148 Å². The molecule has 1 aromatic carbocycles. The number of hydrogen-bond donors (Lipinski definition) is 1. The van der Waals surface area contributed by atoms with Crippen molar-refractivity contribution in [3.63, 3.8) is 0 Å². The first-order valence-electron chi connectivity index (χ1n) is 8.22. The molecule has 0 radical (unpaired) electrons. The highest BCUT2D eigenvalue weighted by Crippen LogP contribution is 2.24. The van der Waals surface area contributed by atoms with Crippen LogP contribution in [0.25, 0.3) is 0 Å². The van der Waals surface area contributed by atoms with Crippen LogP contribution < -0.4 is 10.1 Å². The Balaban J connectivity index is 1.81. The van der Waals surface area contributed by atoms with Crippen LogP contribution in [-0.2, 0) is 10.2 Å². The number of Topliss-reactive ketones (excluding diaryl/α,β-unsaturated/α-hetero) is 1. The number of pyridine rings is 1. The summed E-state index contributed by atoms with van der Waals surface area (Å²) in [5.41, 5.74) is 2.43. The number of nitrogens with one attached hydrogen (secondary N) is 1. The molecule has 1 heterocycles. The van der Waals surface area contributed by atoms with Crippen LogP contribution in [0.15, 0.2) is 42.6 Å². The van der Waals surface area contributed by atoms with E-state index in [1.165, 1.54) is 5.56 Å². The number of carbonyl (C=O) groups excluding carboxylic acids is 2. The average Bonchev–Trinajstić information content (AvgIpc) is 2.58. The van der Waals surface area contributed by atoms with Crippen molar-refractivity contribution < 1.29 is 14.3 Å². The molecule has 0 saturated carbocycles.